The molecule has 0 aliphatic carbocycles. The number of halogens is 1. The Morgan fingerprint density at radius 2 is 1.24 bits per heavy atom. The molecule has 29 heavy (non-hydrogen) atoms. The number of ketones is 1. The number of Topliss-reactive ketones (excluding diaryl/α,β-unsaturated/α-hetero) is 1. The van der Waals surface area contributed by atoms with E-state index in [4.69, 9.17) is 4.74 Å². The van der Waals surface area contributed by atoms with Crippen molar-refractivity contribution in [2.75, 3.05) is 6.61 Å². The minimum atomic E-state index is -0.915. The molecule has 0 radical (unpaired) electrons. The lowest BCUT2D eigenvalue weighted by molar-refractivity contribution is -0.141. The van der Waals surface area contributed by atoms with Gasteiger partial charge < -0.3 is 4.74 Å². The van der Waals surface area contributed by atoms with Crippen LogP contribution in [-0.2, 0) is 9.53 Å². The fraction of sp³-hybridized carbons (Fsp3) is 0.200. The van der Waals surface area contributed by atoms with Gasteiger partial charge in [0.15, 0.2) is 10.6 Å². The van der Waals surface area contributed by atoms with Gasteiger partial charge in [0.1, 0.15) is 0 Å². The zero-order chi connectivity index (χ0) is 20.9. The number of carbonyl (C=O) groups is 2. The van der Waals surface area contributed by atoms with E-state index in [0.717, 1.165) is 12.8 Å². The highest BCUT2D eigenvalue weighted by Crippen LogP contribution is 2.17. The molecule has 0 saturated heterocycles. The Hall–Kier alpha value is -2.72. The first-order valence-electron chi connectivity index (χ1n) is 9.64. The Morgan fingerprint density at radius 1 is 0.793 bits per heavy atom. The Bertz CT molecular complexity index is 827. The Balaban J connectivity index is 0.000000218. The summed E-state index contributed by atoms with van der Waals surface area (Å²) in [5, 5.41) is 0. The van der Waals surface area contributed by atoms with Crippen LogP contribution >= 0.6 is 15.9 Å². The first-order chi connectivity index (χ1) is 14.1. The van der Waals surface area contributed by atoms with Crippen LogP contribution in [-0.4, -0.2) is 23.2 Å². The summed E-state index contributed by atoms with van der Waals surface area (Å²) in [4.78, 5) is 22.5. The highest BCUT2D eigenvalue weighted by Gasteiger charge is 2.25. The van der Waals surface area contributed by atoms with E-state index in [9.17, 15) is 9.59 Å². The van der Waals surface area contributed by atoms with Crippen LogP contribution in [0.25, 0.3) is 11.1 Å². The second-order valence-electron chi connectivity index (χ2n) is 6.35. The summed E-state index contributed by atoms with van der Waals surface area (Å²) in [7, 11) is 0. The van der Waals surface area contributed by atoms with Crippen molar-refractivity contribution in [3.8, 4) is 11.1 Å². The standard InChI is InChI=1S/C13H15BrO3.C12H10/c1-2-3-9-17-13(16)11(14)12(15)10-7-5-4-6-8-10;1-3-7-11(8-4-1)12-9-5-2-6-10-12/h4-8,11H,2-3,9H2,1H3;1-10H. The fourth-order valence-corrected chi connectivity index (χ4v) is 2.90. The zero-order valence-corrected chi connectivity index (χ0v) is 18.0. The molecule has 0 heterocycles. The summed E-state index contributed by atoms with van der Waals surface area (Å²) in [5.74, 6) is -0.792. The highest BCUT2D eigenvalue weighted by atomic mass is 79.9. The van der Waals surface area contributed by atoms with Crippen LogP contribution in [0.15, 0.2) is 91.0 Å². The molecule has 0 aliphatic heterocycles. The van der Waals surface area contributed by atoms with Gasteiger partial charge in [0.05, 0.1) is 6.61 Å². The average molecular weight is 453 g/mol. The average Bonchev–Trinajstić information content (AvgIpc) is 2.80. The molecule has 150 valence electrons. The van der Waals surface area contributed by atoms with Gasteiger partial charge in [-0.15, -0.1) is 0 Å². The maximum absolute atomic E-state index is 11.9. The molecule has 3 nitrogen and oxygen atoms in total. The number of hydrogen-bond acceptors (Lipinski definition) is 3. The van der Waals surface area contributed by atoms with E-state index in [1.54, 1.807) is 24.3 Å². The Morgan fingerprint density at radius 3 is 1.69 bits per heavy atom. The van der Waals surface area contributed by atoms with Crippen LogP contribution in [0.5, 0.6) is 0 Å². The van der Waals surface area contributed by atoms with Crippen molar-refractivity contribution in [2.45, 2.75) is 24.6 Å². The summed E-state index contributed by atoms with van der Waals surface area (Å²) >= 11 is 3.07. The number of rotatable bonds is 7. The van der Waals surface area contributed by atoms with Crippen molar-refractivity contribution < 1.29 is 14.3 Å². The van der Waals surface area contributed by atoms with E-state index < -0.39 is 10.8 Å². The molecule has 0 aliphatic rings. The van der Waals surface area contributed by atoms with E-state index in [0.29, 0.717) is 12.2 Å². The molecule has 0 N–H and O–H groups in total. The highest BCUT2D eigenvalue weighted by molar-refractivity contribution is 9.10. The van der Waals surface area contributed by atoms with E-state index in [1.807, 2.05) is 25.1 Å². The Kier molecular flexibility index (Phi) is 9.87. The van der Waals surface area contributed by atoms with Gasteiger partial charge in [0, 0.05) is 5.56 Å². The van der Waals surface area contributed by atoms with Crippen LogP contribution in [0.3, 0.4) is 0 Å². The van der Waals surface area contributed by atoms with Gasteiger partial charge in [-0.1, -0.05) is 120 Å². The Labute approximate surface area is 180 Å². The lowest BCUT2D eigenvalue weighted by Crippen LogP contribution is -2.26. The quantitative estimate of drug-likeness (QED) is 0.138. The molecule has 3 aromatic rings. The van der Waals surface area contributed by atoms with Crippen molar-refractivity contribution in [1.82, 2.24) is 0 Å². The van der Waals surface area contributed by atoms with Gasteiger partial charge in [0.2, 0.25) is 0 Å². The third-order valence-electron chi connectivity index (χ3n) is 4.12. The van der Waals surface area contributed by atoms with E-state index in [-0.39, 0.29) is 5.78 Å². The topological polar surface area (TPSA) is 43.4 Å². The molecule has 0 saturated carbocycles. The summed E-state index contributed by atoms with van der Waals surface area (Å²) in [6.45, 7) is 2.37. The van der Waals surface area contributed by atoms with Gasteiger partial charge >= 0.3 is 5.97 Å². The van der Waals surface area contributed by atoms with Crippen molar-refractivity contribution >= 4 is 27.7 Å². The molecule has 1 unspecified atom stereocenters. The summed E-state index contributed by atoms with van der Waals surface area (Å²) < 4.78 is 4.98. The first kappa shape index (κ1) is 22.6. The van der Waals surface area contributed by atoms with Gasteiger partial charge in [0.25, 0.3) is 0 Å². The smallest absolute Gasteiger partial charge is 0.327 e. The van der Waals surface area contributed by atoms with Crippen LogP contribution < -0.4 is 0 Å². The molecule has 3 rings (SSSR count). The van der Waals surface area contributed by atoms with E-state index >= 15 is 0 Å². The second-order valence-corrected chi connectivity index (χ2v) is 7.26. The van der Waals surface area contributed by atoms with Crippen molar-refractivity contribution in [2.24, 2.45) is 0 Å². The van der Waals surface area contributed by atoms with Gasteiger partial charge in [-0.25, -0.2) is 0 Å². The summed E-state index contributed by atoms with van der Waals surface area (Å²) in [6.07, 6.45) is 1.76. The molecule has 0 aromatic heterocycles. The van der Waals surface area contributed by atoms with Gasteiger partial charge in [-0.3, -0.25) is 9.59 Å². The number of alkyl halides is 1. The fourth-order valence-electron chi connectivity index (χ4n) is 2.51. The third-order valence-corrected chi connectivity index (χ3v) is 4.91. The van der Waals surface area contributed by atoms with E-state index in [1.165, 1.54) is 11.1 Å². The van der Waals surface area contributed by atoms with Crippen molar-refractivity contribution in [1.29, 1.82) is 0 Å². The molecular weight excluding hydrogens is 428 g/mol. The molecule has 0 spiro atoms. The van der Waals surface area contributed by atoms with Crippen LogP contribution in [0.2, 0.25) is 0 Å². The zero-order valence-electron chi connectivity index (χ0n) is 16.5. The minimum Gasteiger partial charge on any atom is -0.465 e. The SMILES string of the molecule is CCCCOC(=O)C(Br)C(=O)c1ccccc1.c1ccc(-c2ccccc2)cc1. The number of ether oxygens (including phenoxy) is 1. The third kappa shape index (κ3) is 7.66. The maximum atomic E-state index is 11.9. The molecule has 0 bridgehead atoms. The van der Waals surface area contributed by atoms with Crippen molar-refractivity contribution in [3.05, 3.63) is 96.6 Å². The first-order valence-corrected chi connectivity index (χ1v) is 10.6. The van der Waals surface area contributed by atoms with Gasteiger partial charge in [-0.05, 0) is 17.5 Å². The lowest BCUT2D eigenvalue weighted by atomic mass is 10.1. The largest absolute Gasteiger partial charge is 0.465 e. The number of hydrogen-bond donors (Lipinski definition) is 0. The van der Waals surface area contributed by atoms with Crippen LogP contribution in [0, 0.1) is 0 Å². The number of esters is 1. The van der Waals surface area contributed by atoms with Crippen LogP contribution in [0.4, 0.5) is 0 Å². The second kappa shape index (κ2) is 12.7. The van der Waals surface area contributed by atoms with Crippen LogP contribution in [0.1, 0.15) is 30.1 Å². The minimum absolute atomic E-state index is 0.271. The predicted octanol–water partition coefficient (Wildman–Crippen LogP) is 6.33. The molecule has 4 heteroatoms. The molecule has 3 aromatic carbocycles. The number of unbranched alkanes of at least 4 members (excludes halogenated alkanes) is 1. The van der Waals surface area contributed by atoms with Crippen molar-refractivity contribution in [3.63, 3.8) is 0 Å². The summed E-state index contributed by atoms with van der Waals surface area (Å²) in [6, 6.07) is 29.5. The monoisotopic (exact) mass is 452 g/mol. The number of carbonyl (C=O) groups excluding carboxylic acids is 2. The lowest BCUT2D eigenvalue weighted by Gasteiger charge is -2.09. The molecule has 0 amide bonds. The van der Waals surface area contributed by atoms with E-state index in [2.05, 4.69) is 64.5 Å². The van der Waals surface area contributed by atoms with Gasteiger partial charge in [-0.2, -0.15) is 0 Å². The molecular formula is C25H25BrO3. The molecule has 1 atom stereocenters. The predicted molar refractivity (Wildman–Crippen MR) is 121 cm³/mol. The molecule has 0 fully saturated rings. The number of benzene rings is 3. The summed E-state index contributed by atoms with van der Waals surface area (Å²) in [5.41, 5.74) is 3.05. The maximum Gasteiger partial charge on any atom is 0.327 e. The normalized spacial score (nSPS) is 11.0.